The van der Waals surface area contributed by atoms with Gasteiger partial charge in [0.2, 0.25) is 0 Å². The Morgan fingerprint density at radius 3 is 2.84 bits per heavy atom. The van der Waals surface area contributed by atoms with Crippen molar-refractivity contribution < 1.29 is 9.53 Å². The molecule has 1 aliphatic rings. The zero-order valence-corrected chi connectivity index (χ0v) is 19.3. The molecule has 2 unspecified atom stereocenters. The maximum Gasteiger partial charge on any atom is 0.410 e. The Hall–Kier alpha value is -2.31. The molecular formula is C25H33N3O2S. The number of amides is 1. The normalized spacial score (nSPS) is 18.7. The summed E-state index contributed by atoms with van der Waals surface area (Å²) in [7, 11) is 0. The molecule has 0 radical (unpaired) electrons. The van der Waals surface area contributed by atoms with Crippen LogP contribution in [-0.2, 0) is 11.2 Å². The van der Waals surface area contributed by atoms with E-state index >= 15 is 0 Å². The SMILES string of the molecule is C=CCSCNC1CCCN(C(=O)OC(C)C)C1Cc1cccc(-c2ccccc2)n1. The third-order valence-electron chi connectivity index (χ3n) is 5.33. The van der Waals surface area contributed by atoms with Gasteiger partial charge in [0, 0.05) is 41.9 Å². The molecule has 1 saturated heterocycles. The number of pyridine rings is 1. The van der Waals surface area contributed by atoms with E-state index in [0.29, 0.717) is 13.0 Å². The molecule has 1 fully saturated rings. The van der Waals surface area contributed by atoms with Gasteiger partial charge in [0.25, 0.3) is 0 Å². The molecule has 1 amide bonds. The molecule has 0 bridgehead atoms. The summed E-state index contributed by atoms with van der Waals surface area (Å²) in [5.41, 5.74) is 3.04. The Labute approximate surface area is 190 Å². The maximum absolute atomic E-state index is 12.9. The van der Waals surface area contributed by atoms with Crippen LogP contribution in [-0.4, -0.2) is 52.3 Å². The predicted octanol–water partition coefficient (Wildman–Crippen LogP) is 5.14. The highest BCUT2D eigenvalue weighted by atomic mass is 32.2. The zero-order chi connectivity index (χ0) is 22.1. The Balaban J connectivity index is 1.80. The number of nitrogens with zero attached hydrogens (tertiary/aromatic N) is 2. The van der Waals surface area contributed by atoms with Crippen molar-refractivity contribution >= 4 is 17.9 Å². The summed E-state index contributed by atoms with van der Waals surface area (Å²) in [5, 5.41) is 3.65. The number of benzene rings is 1. The fraction of sp³-hybridized carbons (Fsp3) is 0.440. The van der Waals surface area contributed by atoms with Crippen LogP contribution in [0, 0.1) is 0 Å². The second-order valence-corrected chi connectivity index (χ2v) is 9.06. The quantitative estimate of drug-likeness (QED) is 0.333. The lowest BCUT2D eigenvalue weighted by atomic mass is 9.92. The van der Waals surface area contributed by atoms with Crippen molar-refractivity contribution in [1.29, 1.82) is 0 Å². The lowest BCUT2D eigenvalue weighted by Crippen LogP contribution is -2.57. The van der Waals surface area contributed by atoms with E-state index in [2.05, 4.69) is 30.1 Å². The smallest absolute Gasteiger partial charge is 0.410 e. The summed E-state index contributed by atoms with van der Waals surface area (Å²) in [6.45, 7) is 8.28. The molecule has 0 aliphatic carbocycles. The van der Waals surface area contributed by atoms with Crippen LogP contribution in [0.15, 0.2) is 61.2 Å². The Bertz CT molecular complexity index is 844. The standard InChI is InChI=1S/C25H33N3O2S/c1-4-16-31-18-26-23-14-9-15-28(25(29)30-19(2)3)24(23)17-21-12-8-13-22(27-21)20-10-6-5-7-11-20/h4-8,10-13,19,23-24,26H,1,9,14-18H2,2-3H3. The number of hydrogen-bond acceptors (Lipinski definition) is 5. The Morgan fingerprint density at radius 2 is 2.10 bits per heavy atom. The highest BCUT2D eigenvalue weighted by Crippen LogP contribution is 2.24. The van der Waals surface area contributed by atoms with Gasteiger partial charge < -0.3 is 15.0 Å². The van der Waals surface area contributed by atoms with Crippen molar-refractivity contribution in [2.75, 3.05) is 18.2 Å². The molecule has 0 spiro atoms. The summed E-state index contributed by atoms with van der Waals surface area (Å²) in [6.07, 6.45) is 4.23. The molecule has 31 heavy (non-hydrogen) atoms. The van der Waals surface area contributed by atoms with Crippen molar-refractivity contribution in [2.24, 2.45) is 0 Å². The van der Waals surface area contributed by atoms with Gasteiger partial charge in [-0.2, -0.15) is 0 Å². The van der Waals surface area contributed by atoms with E-state index < -0.39 is 0 Å². The van der Waals surface area contributed by atoms with Crippen LogP contribution in [0.25, 0.3) is 11.3 Å². The fourth-order valence-corrected chi connectivity index (χ4v) is 4.55. The molecule has 1 aliphatic heterocycles. The second-order valence-electron chi connectivity index (χ2n) is 8.03. The van der Waals surface area contributed by atoms with E-state index in [9.17, 15) is 4.79 Å². The third kappa shape index (κ3) is 6.84. The molecule has 6 heteroatoms. The number of hydrogen-bond donors (Lipinski definition) is 1. The average Bonchev–Trinajstić information content (AvgIpc) is 2.78. The lowest BCUT2D eigenvalue weighted by Gasteiger charge is -2.41. The van der Waals surface area contributed by atoms with Crippen LogP contribution in [0.3, 0.4) is 0 Å². The molecule has 166 valence electrons. The molecule has 2 heterocycles. The van der Waals surface area contributed by atoms with Crippen molar-refractivity contribution in [3.63, 3.8) is 0 Å². The number of carbonyl (C=O) groups excluding carboxylic acids is 1. The molecule has 1 aromatic heterocycles. The average molecular weight is 440 g/mol. The monoisotopic (exact) mass is 439 g/mol. The number of nitrogens with one attached hydrogen (secondary N) is 1. The number of aromatic nitrogens is 1. The number of ether oxygens (including phenoxy) is 1. The van der Waals surface area contributed by atoms with E-state index in [1.165, 1.54) is 0 Å². The first-order valence-electron chi connectivity index (χ1n) is 11.0. The highest BCUT2D eigenvalue weighted by Gasteiger charge is 2.35. The number of piperidine rings is 1. The van der Waals surface area contributed by atoms with Gasteiger partial charge in [-0.3, -0.25) is 4.98 Å². The van der Waals surface area contributed by atoms with Crippen LogP contribution in [0.1, 0.15) is 32.4 Å². The van der Waals surface area contributed by atoms with E-state index in [0.717, 1.165) is 41.4 Å². The zero-order valence-electron chi connectivity index (χ0n) is 18.5. The van der Waals surface area contributed by atoms with Gasteiger partial charge in [0.05, 0.1) is 17.8 Å². The van der Waals surface area contributed by atoms with Gasteiger partial charge in [-0.05, 0) is 38.8 Å². The number of likely N-dealkylation sites (tertiary alicyclic amines) is 1. The van der Waals surface area contributed by atoms with Gasteiger partial charge in [-0.15, -0.1) is 18.3 Å². The fourth-order valence-electron chi connectivity index (χ4n) is 3.93. The molecular weight excluding hydrogens is 406 g/mol. The molecule has 2 aromatic rings. The highest BCUT2D eigenvalue weighted by molar-refractivity contribution is 7.99. The van der Waals surface area contributed by atoms with E-state index in [1.807, 2.05) is 55.2 Å². The molecule has 3 rings (SSSR count). The van der Waals surface area contributed by atoms with Crippen LogP contribution < -0.4 is 5.32 Å². The van der Waals surface area contributed by atoms with Crippen molar-refractivity contribution in [2.45, 2.75) is 51.3 Å². The van der Waals surface area contributed by atoms with Crippen molar-refractivity contribution in [3.05, 3.63) is 66.9 Å². The van der Waals surface area contributed by atoms with Crippen molar-refractivity contribution in [3.8, 4) is 11.3 Å². The molecule has 1 N–H and O–H groups in total. The minimum absolute atomic E-state index is 0.00264. The summed E-state index contributed by atoms with van der Waals surface area (Å²) in [5.74, 6) is 1.74. The van der Waals surface area contributed by atoms with Crippen LogP contribution >= 0.6 is 11.8 Å². The first-order valence-corrected chi connectivity index (χ1v) is 12.1. The van der Waals surface area contributed by atoms with Gasteiger partial charge in [0.1, 0.15) is 0 Å². The number of carbonyl (C=O) groups is 1. The topological polar surface area (TPSA) is 54.5 Å². The molecule has 2 atom stereocenters. The van der Waals surface area contributed by atoms with E-state index in [-0.39, 0.29) is 24.3 Å². The molecule has 0 saturated carbocycles. The second kappa shape index (κ2) is 11.9. The summed E-state index contributed by atoms with van der Waals surface area (Å²) < 4.78 is 5.56. The van der Waals surface area contributed by atoms with Gasteiger partial charge in [0.15, 0.2) is 0 Å². The van der Waals surface area contributed by atoms with E-state index in [1.54, 1.807) is 11.8 Å². The van der Waals surface area contributed by atoms with Crippen LogP contribution in [0.2, 0.25) is 0 Å². The first-order chi connectivity index (χ1) is 15.1. The van der Waals surface area contributed by atoms with E-state index in [4.69, 9.17) is 9.72 Å². The minimum Gasteiger partial charge on any atom is -0.447 e. The third-order valence-corrected chi connectivity index (χ3v) is 6.17. The predicted molar refractivity (Wildman–Crippen MR) is 129 cm³/mol. The minimum atomic E-state index is -0.232. The van der Waals surface area contributed by atoms with Crippen molar-refractivity contribution in [1.82, 2.24) is 15.2 Å². The van der Waals surface area contributed by atoms with Crippen LogP contribution in [0.4, 0.5) is 4.79 Å². The largest absolute Gasteiger partial charge is 0.447 e. The van der Waals surface area contributed by atoms with Gasteiger partial charge in [-0.25, -0.2) is 4.79 Å². The summed E-state index contributed by atoms with van der Waals surface area (Å²) in [4.78, 5) is 19.7. The van der Waals surface area contributed by atoms with Crippen LogP contribution in [0.5, 0.6) is 0 Å². The lowest BCUT2D eigenvalue weighted by molar-refractivity contribution is 0.0440. The number of rotatable bonds is 9. The number of thioether (sulfide) groups is 1. The summed E-state index contributed by atoms with van der Waals surface area (Å²) in [6, 6.07) is 16.5. The first kappa shape index (κ1) is 23.4. The Morgan fingerprint density at radius 1 is 1.29 bits per heavy atom. The van der Waals surface area contributed by atoms with Gasteiger partial charge in [-0.1, -0.05) is 42.5 Å². The van der Waals surface area contributed by atoms with Gasteiger partial charge >= 0.3 is 6.09 Å². The molecule has 1 aromatic carbocycles. The Kier molecular flexibility index (Phi) is 8.98. The molecule has 5 nitrogen and oxygen atoms in total. The summed E-state index contributed by atoms with van der Waals surface area (Å²) >= 11 is 1.80. The maximum atomic E-state index is 12.9.